The Morgan fingerprint density at radius 3 is 2.48 bits per heavy atom. The third-order valence-electron chi connectivity index (χ3n) is 4.33. The number of carbonyl (C=O) groups excluding carboxylic acids is 3. The minimum atomic E-state index is -0.783. The fourth-order valence-electron chi connectivity index (χ4n) is 2.82. The number of benzene rings is 1. The molecule has 0 radical (unpaired) electrons. The SMILES string of the molecule is CCOC(=O)Oc1ccc(C(=O)NCC2CCN(C(=O)CC#N)CC2)cc1. The zero-order valence-electron chi connectivity index (χ0n) is 15.3. The summed E-state index contributed by atoms with van der Waals surface area (Å²) in [6.45, 7) is 3.66. The van der Waals surface area contributed by atoms with Gasteiger partial charge in [-0.05, 0) is 49.9 Å². The van der Waals surface area contributed by atoms with E-state index in [0.29, 0.717) is 36.9 Å². The van der Waals surface area contributed by atoms with E-state index in [1.165, 1.54) is 12.1 Å². The minimum Gasteiger partial charge on any atom is -0.434 e. The van der Waals surface area contributed by atoms with E-state index in [0.717, 1.165) is 12.8 Å². The highest BCUT2D eigenvalue weighted by molar-refractivity contribution is 5.94. The molecule has 1 fully saturated rings. The molecule has 0 aromatic heterocycles. The van der Waals surface area contributed by atoms with Gasteiger partial charge in [0.25, 0.3) is 5.91 Å². The molecule has 144 valence electrons. The number of carbonyl (C=O) groups is 3. The molecule has 0 bridgehead atoms. The van der Waals surface area contributed by atoms with Crippen LogP contribution in [0, 0.1) is 17.2 Å². The Hall–Kier alpha value is -3.08. The average Bonchev–Trinajstić information content (AvgIpc) is 2.67. The van der Waals surface area contributed by atoms with Gasteiger partial charge in [0.1, 0.15) is 12.2 Å². The molecule has 2 rings (SSSR count). The van der Waals surface area contributed by atoms with Gasteiger partial charge in [-0.15, -0.1) is 0 Å². The van der Waals surface area contributed by atoms with E-state index >= 15 is 0 Å². The van der Waals surface area contributed by atoms with Gasteiger partial charge in [0.05, 0.1) is 12.7 Å². The minimum absolute atomic E-state index is 0.0860. The molecule has 0 saturated carbocycles. The third kappa shape index (κ3) is 6.29. The predicted molar refractivity (Wildman–Crippen MR) is 96.0 cm³/mol. The fraction of sp³-hybridized carbons (Fsp3) is 0.474. The van der Waals surface area contributed by atoms with Crippen molar-refractivity contribution in [3.63, 3.8) is 0 Å². The number of likely N-dealkylation sites (tertiary alicyclic amines) is 1. The highest BCUT2D eigenvalue weighted by Crippen LogP contribution is 2.18. The lowest BCUT2D eigenvalue weighted by atomic mass is 9.96. The molecular formula is C19H23N3O5. The molecule has 1 saturated heterocycles. The molecule has 0 spiro atoms. The summed E-state index contributed by atoms with van der Waals surface area (Å²) < 4.78 is 9.63. The van der Waals surface area contributed by atoms with Gasteiger partial charge in [-0.1, -0.05) is 0 Å². The zero-order chi connectivity index (χ0) is 19.6. The number of rotatable bonds is 6. The maximum atomic E-state index is 12.2. The van der Waals surface area contributed by atoms with Gasteiger partial charge in [-0.2, -0.15) is 5.26 Å². The van der Waals surface area contributed by atoms with E-state index < -0.39 is 6.16 Å². The summed E-state index contributed by atoms with van der Waals surface area (Å²) in [5.41, 5.74) is 0.466. The number of ether oxygens (including phenoxy) is 2. The summed E-state index contributed by atoms with van der Waals surface area (Å²) in [6, 6.07) is 8.09. The van der Waals surface area contributed by atoms with Crippen LogP contribution in [0.2, 0.25) is 0 Å². The second-order valence-electron chi connectivity index (χ2n) is 6.18. The molecule has 2 amide bonds. The first-order valence-corrected chi connectivity index (χ1v) is 8.91. The third-order valence-corrected chi connectivity index (χ3v) is 4.33. The van der Waals surface area contributed by atoms with E-state index in [1.807, 2.05) is 6.07 Å². The van der Waals surface area contributed by atoms with Crippen LogP contribution in [0.3, 0.4) is 0 Å². The van der Waals surface area contributed by atoms with E-state index in [-0.39, 0.29) is 24.8 Å². The van der Waals surface area contributed by atoms with E-state index in [1.54, 1.807) is 24.0 Å². The number of amides is 2. The number of hydrogen-bond donors (Lipinski definition) is 1. The largest absolute Gasteiger partial charge is 0.513 e. The first-order valence-electron chi connectivity index (χ1n) is 8.91. The second kappa shape index (κ2) is 10.2. The Balaban J connectivity index is 1.75. The highest BCUT2D eigenvalue weighted by atomic mass is 16.7. The second-order valence-corrected chi connectivity index (χ2v) is 6.18. The summed E-state index contributed by atoms with van der Waals surface area (Å²) in [4.78, 5) is 36.9. The van der Waals surface area contributed by atoms with E-state index in [4.69, 9.17) is 10.00 Å². The van der Waals surface area contributed by atoms with Crippen molar-refractivity contribution in [3.8, 4) is 11.8 Å². The maximum absolute atomic E-state index is 12.2. The van der Waals surface area contributed by atoms with Crippen molar-refractivity contribution in [1.82, 2.24) is 10.2 Å². The topological polar surface area (TPSA) is 109 Å². The standard InChI is InChI=1S/C19H23N3O5/c1-2-26-19(25)27-16-5-3-15(4-6-16)18(24)21-13-14-8-11-22(12-9-14)17(23)7-10-20/h3-6,14H,2,7-9,11-13H2,1H3,(H,21,24). The van der Waals surface area contributed by atoms with Crippen molar-refractivity contribution in [2.24, 2.45) is 5.92 Å². The average molecular weight is 373 g/mol. The number of nitrogens with one attached hydrogen (secondary N) is 1. The number of piperidine rings is 1. The number of nitrogens with zero attached hydrogens (tertiary/aromatic N) is 2. The van der Waals surface area contributed by atoms with Crippen molar-refractivity contribution in [2.45, 2.75) is 26.2 Å². The van der Waals surface area contributed by atoms with Gasteiger partial charge < -0.3 is 19.7 Å². The first kappa shape index (κ1) is 20.2. The van der Waals surface area contributed by atoms with Crippen molar-refractivity contribution in [1.29, 1.82) is 5.26 Å². The van der Waals surface area contributed by atoms with Crippen LogP contribution in [-0.2, 0) is 9.53 Å². The zero-order valence-corrected chi connectivity index (χ0v) is 15.3. The Kier molecular flexibility index (Phi) is 7.62. The van der Waals surface area contributed by atoms with Gasteiger partial charge in [-0.3, -0.25) is 9.59 Å². The number of nitriles is 1. The molecule has 1 aliphatic rings. The molecule has 27 heavy (non-hydrogen) atoms. The Morgan fingerprint density at radius 1 is 1.22 bits per heavy atom. The predicted octanol–water partition coefficient (Wildman–Crippen LogP) is 2.10. The van der Waals surface area contributed by atoms with Gasteiger partial charge in [-0.25, -0.2) is 4.79 Å². The molecule has 1 N–H and O–H groups in total. The van der Waals surface area contributed by atoms with Gasteiger partial charge in [0.2, 0.25) is 5.91 Å². The lowest BCUT2D eigenvalue weighted by Gasteiger charge is -2.31. The van der Waals surface area contributed by atoms with Crippen molar-refractivity contribution >= 4 is 18.0 Å². The van der Waals surface area contributed by atoms with Crippen LogP contribution in [0.15, 0.2) is 24.3 Å². The Bertz CT molecular complexity index is 703. The van der Waals surface area contributed by atoms with Crippen LogP contribution in [0.5, 0.6) is 5.75 Å². The van der Waals surface area contributed by atoms with Crippen LogP contribution in [0.25, 0.3) is 0 Å². The quantitative estimate of drug-likeness (QED) is 0.604. The van der Waals surface area contributed by atoms with Crippen molar-refractivity contribution < 1.29 is 23.9 Å². The molecule has 1 aromatic rings. The molecule has 8 nitrogen and oxygen atoms in total. The summed E-state index contributed by atoms with van der Waals surface area (Å²) in [6.07, 6.45) is 0.722. The van der Waals surface area contributed by atoms with Crippen molar-refractivity contribution in [2.75, 3.05) is 26.2 Å². The molecule has 8 heteroatoms. The van der Waals surface area contributed by atoms with Crippen LogP contribution in [-0.4, -0.2) is 49.1 Å². The van der Waals surface area contributed by atoms with Crippen LogP contribution < -0.4 is 10.1 Å². The lowest BCUT2D eigenvalue weighted by molar-refractivity contribution is -0.131. The molecule has 1 aliphatic heterocycles. The van der Waals surface area contributed by atoms with E-state index in [9.17, 15) is 14.4 Å². The summed E-state index contributed by atoms with van der Waals surface area (Å²) in [7, 11) is 0. The Labute approximate surface area is 158 Å². The van der Waals surface area contributed by atoms with Crippen molar-refractivity contribution in [3.05, 3.63) is 29.8 Å². The lowest BCUT2D eigenvalue weighted by Crippen LogP contribution is -2.41. The van der Waals surface area contributed by atoms with Gasteiger partial charge in [0, 0.05) is 25.2 Å². The van der Waals surface area contributed by atoms with Crippen LogP contribution >= 0.6 is 0 Å². The first-order chi connectivity index (χ1) is 13.0. The van der Waals surface area contributed by atoms with Gasteiger partial charge >= 0.3 is 6.16 Å². The normalized spacial score (nSPS) is 14.1. The smallest absolute Gasteiger partial charge is 0.434 e. The van der Waals surface area contributed by atoms with Crippen LogP contribution in [0.1, 0.15) is 36.5 Å². The summed E-state index contributed by atoms with van der Waals surface area (Å²) in [5.74, 6) is 0.261. The molecule has 1 aromatic carbocycles. The van der Waals surface area contributed by atoms with Crippen LogP contribution in [0.4, 0.5) is 4.79 Å². The highest BCUT2D eigenvalue weighted by Gasteiger charge is 2.23. The maximum Gasteiger partial charge on any atom is 0.513 e. The number of hydrogen-bond acceptors (Lipinski definition) is 6. The molecule has 0 atom stereocenters. The Morgan fingerprint density at radius 2 is 1.89 bits per heavy atom. The molecule has 1 heterocycles. The molecule has 0 aliphatic carbocycles. The summed E-state index contributed by atoms with van der Waals surface area (Å²) >= 11 is 0. The molecular weight excluding hydrogens is 350 g/mol. The monoisotopic (exact) mass is 373 g/mol. The fourth-order valence-corrected chi connectivity index (χ4v) is 2.82. The summed E-state index contributed by atoms with van der Waals surface area (Å²) in [5, 5.41) is 11.5. The van der Waals surface area contributed by atoms with E-state index in [2.05, 4.69) is 10.1 Å². The van der Waals surface area contributed by atoms with Gasteiger partial charge in [0.15, 0.2) is 0 Å². The molecule has 0 unspecified atom stereocenters.